The average molecular weight is 327 g/mol. The summed E-state index contributed by atoms with van der Waals surface area (Å²) in [6.45, 7) is 1.35. The number of rotatable bonds is 2. The average Bonchev–Trinajstić information content (AvgIpc) is 3.08. The Hall–Kier alpha value is -1.43. The lowest BCUT2D eigenvalue weighted by Crippen LogP contribution is -2.31. The minimum absolute atomic E-state index is 0. The van der Waals surface area contributed by atoms with Gasteiger partial charge in [-0.25, -0.2) is 4.39 Å². The standard InChI is InChI=1S/C15H15FN2OS.ClH/c16-11-3-1-10(2-4-11)13-5-6-14(20-13)15(19)18-8-7-12(17)9-18;/h1-6,12H,7-9,17H2;1H/t12-;/m1./s1. The first-order valence-corrected chi connectivity index (χ1v) is 7.36. The third-order valence-corrected chi connectivity index (χ3v) is 4.58. The normalized spacial score (nSPS) is 17.6. The van der Waals surface area contributed by atoms with E-state index >= 15 is 0 Å². The molecule has 1 amide bonds. The molecule has 1 aliphatic heterocycles. The van der Waals surface area contributed by atoms with Crippen molar-refractivity contribution in [3.8, 4) is 10.4 Å². The van der Waals surface area contributed by atoms with Gasteiger partial charge >= 0.3 is 0 Å². The Balaban J connectivity index is 0.00000161. The van der Waals surface area contributed by atoms with Gasteiger partial charge in [0, 0.05) is 24.0 Å². The van der Waals surface area contributed by atoms with Crippen LogP contribution in [0, 0.1) is 5.82 Å². The molecule has 3 nitrogen and oxygen atoms in total. The number of halogens is 2. The Morgan fingerprint density at radius 1 is 1.24 bits per heavy atom. The number of likely N-dealkylation sites (tertiary alicyclic amines) is 1. The van der Waals surface area contributed by atoms with E-state index in [1.165, 1.54) is 23.5 Å². The molecule has 2 heterocycles. The van der Waals surface area contributed by atoms with Crippen molar-refractivity contribution in [2.45, 2.75) is 12.5 Å². The highest BCUT2D eigenvalue weighted by Crippen LogP contribution is 2.29. The first-order valence-electron chi connectivity index (χ1n) is 6.54. The zero-order valence-corrected chi connectivity index (χ0v) is 12.9. The summed E-state index contributed by atoms with van der Waals surface area (Å²) in [4.78, 5) is 15.8. The van der Waals surface area contributed by atoms with Crippen molar-refractivity contribution < 1.29 is 9.18 Å². The van der Waals surface area contributed by atoms with Gasteiger partial charge < -0.3 is 10.6 Å². The summed E-state index contributed by atoms with van der Waals surface area (Å²) in [7, 11) is 0. The van der Waals surface area contributed by atoms with Gasteiger partial charge in [0.05, 0.1) is 4.88 Å². The van der Waals surface area contributed by atoms with Crippen LogP contribution in [0.3, 0.4) is 0 Å². The fraction of sp³-hybridized carbons (Fsp3) is 0.267. The number of nitrogens with zero attached hydrogens (tertiary/aromatic N) is 1. The Morgan fingerprint density at radius 2 is 1.95 bits per heavy atom. The van der Waals surface area contributed by atoms with Crippen LogP contribution in [-0.2, 0) is 0 Å². The predicted octanol–water partition coefficient (Wildman–Crippen LogP) is 3.15. The van der Waals surface area contributed by atoms with Crippen LogP contribution in [0.4, 0.5) is 4.39 Å². The Labute approximate surface area is 133 Å². The molecule has 3 rings (SSSR count). The number of carbonyl (C=O) groups is 1. The summed E-state index contributed by atoms with van der Waals surface area (Å²) >= 11 is 1.43. The molecule has 0 saturated carbocycles. The van der Waals surface area contributed by atoms with Gasteiger partial charge in [-0.3, -0.25) is 4.79 Å². The zero-order chi connectivity index (χ0) is 14.1. The van der Waals surface area contributed by atoms with E-state index in [2.05, 4.69) is 0 Å². The van der Waals surface area contributed by atoms with Gasteiger partial charge in [-0.15, -0.1) is 23.7 Å². The van der Waals surface area contributed by atoms with Gasteiger partial charge in [0.2, 0.25) is 0 Å². The van der Waals surface area contributed by atoms with Crippen molar-refractivity contribution >= 4 is 29.7 Å². The van der Waals surface area contributed by atoms with E-state index in [0.29, 0.717) is 11.4 Å². The molecule has 0 aliphatic carbocycles. The molecule has 1 saturated heterocycles. The van der Waals surface area contributed by atoms with E-state index in [1.807, 2.05) is 12.1 Å². The number of nitrogens with two attached hydrogens (primary N) is 1. The molecular weight excluding hydrogens is 311 g/mol. The lowest BCUT2D eigenvalue weighted by molar-refractivity contribution is 0.0795. The topological polar surface area (TPSA) is 46.3 Å². The van der Waals surface area contributed by atoms with Gasteiger partial charge in [-0.1, -0.05) is 12.1 Å². The predicted molar refractivity (Wildman–Crippen MR) is 85.5 cm³/mol. The Morgan fingerprint density at radius 3 is 2.57 bits per heavy atom. The molecule has 1 aromatic carbocycles. The fourth-order valence-electron chi connectivity index (χ4n) is 2.35. The van der Waals surface area contributed by atoms with Crippen LogP contribution in [0.2, 0.25) is 0 Å². The lowest BCUT2D eigenvalue weighted by atomic mass is 10.2. The Kier molecular flexibility index (Phi) is 4.98. The van der Waals surface area contributed by atoms with Crippen LogP contribution in [-0.4, -0.2) is 29.9 Å². The molecule has 1 aliphatic rings. The minimum atomic E-state index is -0.257. The SMILES string of the molecule is Cl.N[C@@H]1CCN(C(=O)c2ccc(-c3ccc(F)cc3)s2)C1. The number of benzene rings is 1. The summed E-state index contributed by atoms with van der Waals surface area (Å²) in [6, 6.07) is 10.1. The van der Waals surface area contributed by atoms with Crippen LogP contribution in [0.5, 0.6) is 0 Å². The third-order valence-electron chi connectivity index (χ3n) is 3.46. The van der Waals surface area contributed by atoms with E-state index in [0.717, 1.165) is 23.4 Å². The molecular formula is C15H16ClFN2OS. The number of amides is 1. The number of thiophene rings is 1. The second kappa shape index (κ2) is 6.56. The molecule has 2 aromatic rings. The van der Waals surface area contributed by atoms with Gasteiger partial charge in [0.15, 0.2) is 0 Å². The third kappa shape index (κ3) is 3.43. The first kappa shape index (κ1) is 15.9. The van der Waals surface area contributed by atoms with Crippen molar-refractivity contribution in [2.75, 3.05) is 13.1 Å². The van der Waals surface area contributed by atoms with Crippen LogP contribution in [0.1, 0.15) is 16.1 Å². The van der Waals surface area contributed by atoms with E-state index in [-0.39, 0.29) is 30.2 Å². The molecule has 1 fully saturated rings. The number of hydrogen-bond donors (Lipinski definition) is 1. The summed E-state index contributed by atoms with van der Waals surface area (Å²) in [5.41, 5.74) is 6.75. The van der Waals surface area contributed by atoms with Crippen LogP contribution in [0.25, 0.3) is 10.4 Å². The van der Waals surface area contributed by atoms with Crippen LogP contribution >= 0.6 is 23.7 Å². The maximum atomic E-state index is 12.9. The summed E-state index contributed by atoms with van der Waals surface area (Å²) in [6.07, 6.45) is 0.863. The molecule has 0 bridgehead atoms. The number of carbonyl (C=O) groups excluding carboxylic acids is 1. The molecule has 21 heavy (non-hydrogen) atoms. The molecule has 1 aromatic heterocycles. The first-order chi connectivity index (χ1) is 9.63. The second-order valence-corrected chi connectivity index (χ2v) is 6.05. The van der Waals surface area contributed by atoms with Crippen molar-refractivity contribution in [3.63, 3.8) is 0 Å². The molecule has 2 N–H and O–H groups in total. The highest BCUT2D eigenvalue weighted by molar-refractivity contribution is 7.17. The van der Waals surface area contributed by atoms with E-state index in [4.69, 9.17) is 5.73 Å². The molecule has 1 atom stereocenters. The zero-order valence-electron chi connectivity index (χ0n) is 11.3. The van der Waals surface area contributed by atoms with Crippen molar-refractivity contribution in [1.82, 2.24) is 4.90 Å². The Bertz CT molecular complexity index is 629. The van der Waals surface area contributed by atoms with E-state index in [1.54, 1.807) is 17.0 Å². The molecule has 0 spiro atoms. The quantitative estimate of drug-likeness (QED) is 0.921. The van der Waals surface area contributed by atoms with Gasteiger partial charge in [0.25, 0.3) is 5.91 Å². The summed E-state index contributed by atoms with van der Waals surface area (Å²) < 4.78 is 12.9. The molecule has 112 valence electrons. The molecule has 0 radical (unpaired) electrons. The monoisotopic (exact) mass is 326 g/mol. The van der Waals surface area contributed by atoms with Gasteiger partial charge in [0.1, 0.15) is 5.82 Å². The summed E-state index contributed by atoms with van der Waals surface area (Å²) in [5.74, 6) is -0.219. The largest absolute Gasteiger partial charge is 0.336 e. The van der Waals surface area contributed by atoms with E-state index < -0.39 is 0 Å². The van der Waals surface area contributed by atoms with Crippen molar-refractivity contribution in [3.05, 3.63) is 47.1 Å². The van der Waals surface area contributed by atoms with Gasteiger partial charge in [-0.05, 0) is 36.2 Å². The van der Waals surface area contributed by atoms with Crippen molar-refractivity contribution in [1.29, 1.82) is 0 Å². The fourth-order valence-corrected chi connectivity index (χ4v) is 3.33. The van der Waals surface area contributed by atoms with Gasteiger partial charge in [-0.2, -0.15) is 0 Å². The summed E-state index contributed by atoms with van der Waals surface area (Å²) in [5, 5.41) is 0. The van der Waals surface area contributed by atoms with Crippen molar-refractivity contribution in [2.24, 2.45) is 5.73 Å². The minimum Gasteiger partial charge on any atom is -0.336 e. The van der Waals surface area contributed by atoms with Crippen LogP contribution < -0.4 is 5.73 Å². The highest BCUT2D eigenvalue weighted by atomic mass is 35.5. The second-order valence-electron chi connectivity index (χ2n) is 4.97. The lowest BCUT2D eigenvalue weighted by Gasteiger charge is -2.14. The molecule has 6 heteroatoms. The van der Waals surface area contributed by atoms with E-state index in [9.17, 15) is 9.18 Å². The van der Waals surface area contributed by atoms with Crippen LogP contribution in [0.15, 0.2) is 36.4 Å². The number of hydrogen-bond acceptors (Lipinski definition) is 3. The smallest absolute Gasteiger partial charge is 0.263 e. The highest BCUT2D eigenvalue weighted by Gasteiger charge is 2.25. The molecule has 0 unspecified atom stereocenters. The maximum Gasteiger partial charge on any atom is 0.263 e. The maximum absolute atomic E-state index is 12.9.